The summed E-state index contributed by atoms with van der Waals surface area (Å²) in [6, 6.07) is 7.85. The van der Waals surface area contributed by atoms with Crippen molar-refractivity contribution in [1.29, 1.82) is 10.8 Å². The Kier molecular flexibility index (Phi) is 5.85. The normalized spacial score (nSPS) is 17.3. The molecule has 1 atom stereocenters. The fraction of sp³-hybridized carbons (Fsp3) is 0.250. The third-order valence-electron chi connectivity index (χ3n) is 4.74. The van der Waals surface area contributed by atoms with Gasteiger partial charge in [-0.3, -0.25) is 15.6 Å². The first-order valence-corrected chi connectivity index (χ1v) is 9.24. The van der Waals surface area contributed by atoms with E-state index in [1.807, 2.05) is 0 Å². The van der Waals surface area contributed by atoms with Gasteiger partial charge in [0.15, 0.2) is 0 Å². The standard InChI is InChI=1S/C20H17ClF4N4O/c1-11-9-28(19(30)14-3-2-4-15(17(14)21)20(23,24)25)10-16(26)29(11)18(27)12-5-7-13(22)8-6-12/h2-8,11,26-27H,9-10H2,1H3. The van der Waals surface area contributed by atoms with E-state index in [4.69, 9.17) is 22.4 Å². The average molecular weight is 441 g/mol. The second-order valence-corrected chi connectivity index (χ2v) is 7.25. The van der Waals surface area contributed by atoms with Gasteiger partial charge >= 0.3 is 6.18 Å². The summed E-state index contributed by atoms with van der Waals surface area (Å²) in [5, 5.41) is 15.9. The summed E-state index contributed by atoms with van der Waals surface area (Å²) in [4.78, 5) is 15.5. The van der Waals surface area contributed by atoms with Crippen LogP contribution in [-0.2, 0) is 6.18 Å². The van der Waals surface area contributed by atoms with Gasteiger partial charge in [0, 0.05) is 12.1 Å². The van der Waals surface area contributed by atoms with Gasteiger partial charge in [0.25, 0.3) is 5.91 Å². The molecule has 1 fully saturated rings. The molecular weight excluding hydrogens is 424 g/mol. The monoisotopic (exact) mass is 440 g/mol. The highest BCUT2D eigenvalue weighted by Gasteiger charge is 2.37. The highest BCUT2D eigenvalue weighted by Crippen LogP contribution is 2.36. The fourth-order valence-corrected chi connectivity index (χ4v) is 3.65. The molecule has 1 aliphatic heterocycles. The Morgan fingerprint density at radius 2 is 1.80 bits per heavy atom. The van der Waals surface area contributed by atoms with Gasteiger partial charge in [-0.15, -0.1) is 0 Å². The number of halogens is 5. The van der Waals surface area contributed by atoms with E-state index >= 15 is 0 Å². The quantitative estimate of drug-likeness (QED) is 0.405. The summed E-state index contributed by atoms with van der Waals surface area (Å²) in [5.74, 6) is -1.30. The molecule has 158 valence electrons. The molecule has 0 spiro atoms. The first-order valence-electron chi connectivity index (χ1n) is 8.87. The Bertz CT molecular complexity index is 1010. The third-order valence-corrected chi connectivity index (χ3v) is 5.14. The maximum atomic E-state index is 13.1. The van der Waals surface area contributed by atoms with Crippen LogP contribution in [0.3, 0.4) is 0 Å². The molecule has 3 rings (SSSR count). The Morgan fingerprint density at radius 1 is 1.17 bits per heavy atom. The average Bonchev–Trinajstić information content (AvgIpc) is 2.66. The highest BCUT2D eigenvalue weighted by atomic mass is 35.5. The summed E-state index contributed by atoms with van der Waals surface area (Å²) < 4.78 is 52.4. The predicted molar refractivity (Wildman–Crippen MR) is 105 cm³/mol. The number of rotatable bonds is 2. The minimum Gasteiger partial charge on any atom is -0.329 e. The lowest BCUT2D eigenvalue weighted by Gasteiger charge is -2.41. The van der Waals surface area contributed by atoms with Crippen LogP contribution in [0.1, 0.15) is 28.4 Å². The van der Waals surface area contributed by atoms with E-state index in [0.717, 1.165) is 12.1 Å². The minimum absolute atomic E-state index is 0.0308. The zero-order valence-corrected chi connectivity index (χ0v) is 16.5. The van der Waals surface area contributed by atoms with Gasteiger partial charge in [-0.05, 0) is 43.3 Å². The van der Waals surface area contributed by atoms with Crippen LogP contribution in [-0.4, -0.2) is 46.5 Å². The van der Waals surface area contributed by atoms with Crippen molar-refractivity contribution in [3.8, 4) is 0 Å². The number of amidine groups is 2. The van der Waals surface area contributed by atoms with Crippen molar-refractivity contribution in [3.63, 3.8) is 0 Å². The Labute approximate surface area is 174 Å². The van der Waals surface area contributed by atoms with Crippen molar-refractivity contribution < 1.29 is 22.4 Å². The number of hydrogen-bond donors (Lipinski definition) is 2. The van der Waals surface area contributed by atoms with E-state index in [1.165, 1.54) is 40.1 Å². The first-order chi connectivity index (χ1) is 14.0. The lowest BCUT2D eigenvalue weighted by atomic mass is 10.1. The highest BCUT2D eigenvalue weighted by molar-refractivity contribution is 6.34. The third kappa shape index (κ3) is 4.16. The molecule has 2 aromatic carbocycles. The van der Waals surface area contributed by atoms with Gasteiger partial charge in [0.05, 0.1) is 28.7 Å². The number of benzene rings is 2. The zero-order chi connectivity index (χ0) is 22.2. The van der Waals surface area contributed by atoms with Crippen molar-refractivity contribution in [1.82, 2.24) is 9.80 Å². The van der Waals surface area contributed by atoms with E-state index in [1.54, 1.807) is 6.92 Å². The molecule has 1 heterocycles. The topological polar surface area (TPSA) is 71.2 Å². The summed E-state index contributed by atoms with van der Waals surface area (Å²) >= 11 is 5.86. The summed E-state index contributed by atoms with van der Waals surface area (Å²) in [6.07, 6.45) is -4.70. The van der Waals surface area contributed by atoms with E-state index in [2.05, 4.69) is 0 Å². The van der Waals surface area contributed by atoms with Crippen LogP contribution in [0.5, 0.6) is 0 Å². The second-order valence-electron chi connectivity index (χ2n) is 6.87. The number of carbonyl (C=O) groups is 1. The van der Waals surface area contributed by atoms with Crippen molar-refractivity contribution in [2.45, 2.75) is 19.1 Å². The molecule has 30 heavy (non-hydrogen) atoms. The number of amides is 1. The number of piperazine rings is 1. The molecule has 0 saturated carbocycles. The van der Waals surface area contributed by atoms with Gasteiger partial charge < -0.3 is 9.80 Å². The van der Waals surface area contributed by atoms with Gasteiger partial charge in [0.2, 0.25) is 0 Å². The molecular formula is C20H17ClF4N4O. The maximum Gasteiger partial charge on any atom is 0.417 e. The Hall–Kier alpha value is -2.94. The first kappa shape index (κ1) is 21.8. The van der Waals surface area contributed by atoms with Crippen LogP contribution in [0.4, 0.5) is 17.6 Å². The molecule has 2 N–H and O–H groups in total. The van der Waals surface area contributed by atoms with E-state index < -0.39 is 34.5 Å². The van der Waals surface area contributed by atoms with E-state index in [-0.39, 0.29) is 30.3 Å². The molecule has 10 heteroatoms. The molecule has 5 nitrogen and oxygen atoms in total. The SMILES string of the molecule is CC1CN(C(=O)c2cccc(C(F)(F)F)c2Cl)CC(=N)N1C(=N)c1ccc(F)cc1. The van der Waals surface area contributed by atoms with Crippen LogP contribution in [0, 0.1) is 16.6 Å². The molecule has 0 radical (unpaired) electrons. The fourth-order valence-electron chi connectivity index (χ4n) is 3.33. The van der Waals surface area contributed by atoms with Crippen molar-refractivity contribution in [2.24, 2.45) is 0 Å². The zero-order valence-electron chi connectivity index (χ0n) is 15.7. The van der Waals surface area contributed by atoms with Gasteiger partial charge in [-0.25, -0.2) is 4.39 Å². The van der Waals surface area contributed by atoms with Gasteiger partial charge in [0.1, 0.15) is 17.5 Å². The molecule has 2 aromatic rings. The molecule has 1 aliphatic rings. The molecule has 1 saturated heterocycles. The van der Waals surface area contributed by atoms with Crippen LogP contribution in [0.2, 0.25) is 5.02 Å². The smallest absolute Gasteiger partial charge is 0.329 e. The van der Waals surface area contributed by atoms with Crippen LogP contribution < -0.4 is 0 Å². The predicted octanol–water partition coefficient (Wildman–Crippen LogP) is 4.65. The van der Waals surface area contributed by atoms with Gasteiger partial charge in [-0.1, -0.05) is 17.7 Å². The largest absolute Gasteiger partial charge is 0.417 e. The minimum atomic E-state index is -4.70. The van der Waals surface area contributed by atoms with Gasteiger partial charge in [-0.2, -0.15) is 13.2 Å². The summed E-state index contributed by atoms with van der Waals surface area (Å²) in [5.41, 5.74) is -1.00. The molecule has 0 aliphatic carbocycles. The maximum absolute atomic E-state index is 13.1. The number of nitrogens with one attached hydrogen (secondary N) is 2. The van der Waals surface area contributed by atoms with Crippen molar-refractivity contribution >= 4 is 29.2 Å². The molecule has 0 aromatic heterocycles. The Morgan fingerprint density at radius 3 is 2.37 bits per heavy atom. The van der Waals surface area contributed by atoms with Crippen molar-refractivity contribution in [3.05, 3.63) is 70.0 Å². The lowest BCUT2D eigenvalue weighted by Crippen LogP contribution is -2.58. The molecule has 1 amide bonds. The van der Waals surface area contributed by atoms with Crippen LogP contribution in [0.15, 0.2) is 42.5 Å². The van der Waals surface area contributed by atoms with Crippen molar-refractivity contribution in [2.75, 3.05) is 13.1 Å². The van der Waals surface area contributed by atoms with E-state index in [9.17, 15) is 22.4 Å². The number of carbonyl (C=O) groups excluding carboxylic acids is 1. The summed E-state index contributed by atoms with van der Waals surface area (Å²) in [7, 11) is 0. The number of hydrogen-bond acceptors (Lipinski definition) is 3. The Balaban J connectivity index is 1.82. The van der Waals surface area contributed by atoms with E-state index in [0.29, 0.717) is 5.56 Å². The van der Waals surface area contributed by atoms with Crippen LogP contribution in [0.25, 0.3) is 0 Å². The summed E-state index contributed by atoms with van der Waals surface area (Å²) in [6.45, 7) is 1.54. The lowest BCUT2D eigenvalue weighted by molar-refractivity contribution is -0.137. The molecule has 1 unspecified atom stereocenters. The second kappa shape index (κ2) is 8.06. The molecule has 0 bridgehead atoms. The number of nitrogens with zero attached hydrogens (tertiary/aromatic N) is 2. The number of alkyl halides is 3. The van der Waals surface area contributed by atoms with Crippen LogP contribution >= 0.6 is 11.6 Å².